The molecular weight excluding hydrogens is 542 g/mol. The van der Waals surface area contributed by atoms with Crippen LogP contribution >= 0.6 is 0 Å². The molecule has 5 rings (SSSR count). The topological polar surface area (TPSA) is 83.1 Å². The molecule has 1 aliphatic carbocycles. The molecule has 0 radical (unpaired) electrons. The maximum absolute atomic E-state index is 13.4. The number of nitrogens with zero attached hydrogens (tertiary/aromatic N) is 3. The second-order valence-electron chi connectivity index (χ2n) is 9.69. The molecule has 9 heteroatoms. The van der Waals surface area contributed by atoms with E-state index in [4.69, 9.17) is 9.25 Å². The predicted molar refractivity (Wildman–Crippen MR) is 155 cm³/mol. The van der Waals surface area contributed by atoms with Crippen molar-refractivity contribution in [3.05, 3.63) is 71.6 Å². The van der Waals surface area contributed by atoms with Crippen LogP contribution < -0.4 is 27.2 Å². The lowest BCUT2D eigenvalue weighted by atomic mass is 9.90. The number of carbonyl (C=O) groups excluding carboxylic acids is 3. The van der Waals surface area contributed by atoms with Crippen LogP contribution in [0.5, 0.6) is 0 Å². The van der Waals surface area contributed by atoms with Crippen molar-refractivity contribution in [3.63, 3.8) is 0 Å². The summed E-state index contributed by atoms with van der Waals surface area (Å²) in [4.78, 5) is 45.2. The van der Waals surface area contributed by atoms with Gasteiger partial charge in [0.1, 0.15) is 24.4 Å². The Morgan fingerprint density at radius 3 is 2.24 bits per heavy atom. The Morgan fingerprint density at radius 1 is 0.902 bits per heavy atom. The molecule has 0 bridgehead atoms. The first-order chi connectivity index (χ1) is 19.4. The van der Waals surface area contributed by atoms with Gasteiger partial charge in [0.15, 0.2) is 0 Å². The minimum absolute atomic E-state index is 0. The van der Waals surface area contributed by atoms with Crippen LogP contribution in [0, 0.1) is 0 Å². The summed E-state index contributed by atoms with van der Waals surface area (Å²) in [5.41, 5.74) is 4.28. The van der Waals surface area contributed by atoms with E-state index in [1.807, 2.05) is 36.4 Å². The SMILES string of the molecule is CCN(CC)c1ccc2c(-c3ccccc3C(=O)ON3C(=O)CCC3=O)c3ccc(=[N+](CC)CC)cc-3oc2c1.[Cl-]. The van der Waals surface area contributed by atoms with Crippen LogP contribution in [0.2, 0.25) is 0 Å². The maximum atomic E-state index is 13.4. The molecule has 0 unspecified atom stereocenters. The third kappa shape index (κ3) is 5.57. The largest absolute Gasteiger partial charge is 1.00 e. The van der Waals surface area contributed by atoms with Crippen molar-refractivity contribution in [2.24, 2.45) is 0 Å². The molecule has 2 amide bonds. The fourth-order valence-electron chi connectivity index (χ4n) is 5.40. The summed E-state index contributed by atoms with van der Waals surface area (Å²) in [7, 11) is 0. The molecule has 2 aliphatic heterocycles. The minimum Gasteiger partial charge on any atom is -1.00 e. The molecular formula is C32H34ClN3O5. The number of rotatable bonds is 8. The third-order valence-corrected chi connectivity index (χ3v) is 7.54. The minimum atomic E-state index is -0.763. The normalized spacial score (nSPS) is 13.0. The smallest absolute Gasteiger partial charge is 0.364 e. The van der Waals surface area contributed by atoms with Gasteiger partial charge in [-0.25, -0.2) is 9.37 Å². The number of hydrogen-bond acceptors (Lipinski definition) is 6. The Balaban J connectivity index is 0.00000387. The number of carbonyl (C=O) groups is 3. The van der Waals surface area contributed by atoms with E-state index in [0.717, 1.165) is 53.7 Å². The molecule has 0 atom stereocenters. The van der Waals surface area contributed by atoms with Crippen molar-refractivity contribution in [1.29, 1.82) is 0 Å². The van der Waals surface area contributed by atoms with Gasteiger partial charge >= 0.3 is 5.97 Å². The summed E-state index contributed by atoms with van der Waals surface area (Å²) >= 11 is 0. The fraction of sp³-hybridized carbons (Fsp3) is 0.312. The highest BCUT2D eigenvalue weighted by Crippen LogP contribution is 2.42. The number of anilines is 1. The molecule has 1 fully saturated rings. The molecule has 8 nitrogen and oxygen atoms in total. The van der Waals surface area contributed by atoms with Crippen LogP contribution in [0.15, 0.2) is 65.1 Å². The van der Waals surface area contributed by atoms with E-state index >= 15 is 0 Å². The first-order valence-corrected chi connectivity index (χ1v) is 13.9. The van der Waals surface area contributed by atoms with Gasteiger partial charge in [-0.05, 0) is 57.5 Å². The van der Waals surface area contributed by atoms with E-state index < -0.39 is 17.8 Å². The van der Waals surface area contributed by atoms with Gasteiger partial charge in [0.05, 0.1) is 11.6 Å². The average Bonchev–Trinajstić information content (AvgIpc) is 3.29. The molecule has 2 aromatic rings. The van der Waals surface area contributed by atoms with Crippen LogP contribution in [0.25, 0.3) is 33.4 Å². The molecule has 0 N–H and O–H groups in total. The zero-order chi connectivity index (χ0) is 28.4. The zero-order valence-electron chi connectivity index (χ0n) is 23.8. The molecule has 0 saturated carbocycles. The third-order valence-electron chi connectivity index (χ3n) is 7.54. The fourth-order valence-corrected chi connectivity index (χ4v) is 5.40. The van der Waals surface area contributed by atoms with Gasteiger partial charge < -0.3 is 26.6 Å². The maximum Gasteiger partial charge on any atom is 0.364 e. The second-order valence-corrected chi connectivity index (χ2v) is 9.69. The highest BCUT2D eigenvalue weighted by molar-refractivity contribution is 6.09. The predicted octanol–water partition coefficient (Wildman–Crippen LogP) is 2.09. The first-order valence-electron chi connectivity index (χ1n) is 13.9. The van der Waals surface area contributed by atoms with Crippen LogP contribution in [-0.4, -0.2) is 49.0 Å². The number of halogens is 1. The molecule has 2 heterocycles. The van der Waals surface area contributed by atoms with E-state index in [1.165, 1.54) is 0 Å². The zero-order valence-corrected chi connectivity index (χ0v) is 24.5. The summed E-state index contributed by atoms with van der Waals surface area (Å²) in [6, 6.07) is 19.4. The summed E-state index contributed by atoms with van der Waals surface area (Å²) in [6.07, 6.45) is 0.0694. The summed E-state index contributed by atoms with van der Waals surface area (Å²) < 4.78 is 8.79. The van der Waals surface area contributed by atoms with Crippen molar-refractivity contribution in [2.45, 2.75) is 40.5 Å². The molecule has 2 aromatic carbocycles. The molecule has 1 saturated heterocycles. The number of fused-ring (bicyclic) bond motifs is 2. The lowest BCUT2D eigenvalue weighted by Gasteiger charge is -2.23. The average molecular weight is 576 g/mol. The Labute approximate surface area is 245 Å². The first kappa shape index (κ1) is 29.8. The summed E-state index contributed by atoms with van der Waals surface area (Å²) in [5.74, 6) is -1.10. The van der Waals surface area contributed by atoms with Gasteiger partial charge in [-0.15, -0.1) is 5.06 Å². The quantitative estimate of drug-likeness (QED) is 0.182. The van der Waals surface area contributed by atoms with Gasteiger partial charge in [-0.3, -0.25) is 9.59 Å². The van der Waals surface area contributed by atoms with Gasteiger partial charge in [0.25, 0.3) is 11.8 Å². The summed E-state index contributed by atoms with van der Waals surface area (Å²) in [6.45, 7) is 11.9. The highest BCUT2D eigenvalue weighted by Gasteiger charge is 2.34. The Kier molecular flexibility index (Phi) is 9.13. The molecule has 0 spiro atoms. The van der Waals surface area contributed by atoms with Crippen LogP contribution in [0.3, 0.4) is 0 Å². The van der Waals surface area contributed by atoms with E-state index in [9.17, 15) is 14.4 Å². The van der Waals surface area contributed by atoms with Crippen molar-refractivity contribution >= 4 is 34.4 Å². The monoisotopic (exact) mass is 575 g/mol. The van der Waals surface area contributed by atoms with Crippen molar-refractivity contribution in [1.82, 2.24) is 9.64 Å². The molecule has 0 aromatic heterocycles. The van der Waals surface area contributed by atoms with Crippen LogP contribution in [0.1, 0.15) is 50.9 Å². The van der Waals surface area contributed by atoms with E-state index in [1.54, 1.807) is 12.1 Å². The Morgan fingerprint density at radius 2 is 1.59 bits per heavy atom. The second kappa shape index (κ2) is 12.6. The van der Waals surface area contributed by atoms with Gasteiger partial charge in [0, 0.05) is 60.3 Å². The van der Waals surface area contributed by atoms with Gasteiger partial charge in [-0.1, -0.05) is 18.2 Å². The molecule has 214 valence electrons. The summed E-state index contributed by atoms with van der Waals surface area (Å²) in [5, 5.41) is 2.47. The van der Waals surface area contributed by atoms with Crippen LogP contribution in [-0.2, 0) is 14.4 Å². The van der Waals surface area contributed by atoms with Gasteiger partial charge in [0.2, 0.25) is 5.36 Å². The Hall–Kier alpha value is -4.17. The number of benzene rings is 3. The lowest BCUT2D eigenvalue weighted by molar-refractivity contribution is -0.172. The van der Waals surface area contributed by atoms with E-state index in [0.29, 0.717) is 22.0 Å². The number of hydroxylamine groups is 2. The highest BCUT2D eigenvalue weighted by atomic mass is 35.5. The number of amides is 2. The van der Waals surface area contributed by atoms with Crippen molar-refractivity contribution in [2.75, 3.05) is 31.1 Å². The standard InChI is InChI=1S/C32H34N3O5.ClH/c1-5-33(6-2)21-13-15-25-27(19-21)39-28-20-22(34(7-3)8-4)14-16-26(28)31(25)23-11-9-10-12-24(23)32(38)40-35-29(36)17-18-30(35)37;/h9-16,19-20H,5-8,17-18H2,1-4H3;1H/q+1;/p-1. The number of imide groups is 1. The molecule has 3 aliphatic rings. The van der Waals surface area contributed by atoms with Crippen molar-refractivity contribution in [3.8, 4) is 22.5 Å². The van der Waals surface area contributed by atoms with E-state index in [-0.39, 0.29) is 30.8 Å². The molecule has 41 heavy (non-hydrogen) atoms. The van der Waals surface area contributed by atoms with E-state index in [2.05, 4.69) is 49.3 Å². The van der Waals surface area contributed by atoms with Crippen molar-refractivity contribution < 1.29 is 36.0 Å². The van der Waals surface area contributed by atoms with Gasteiger partial charge in [-0.2, -0.15) is 0 Å². The van der Waals surface area contributed by atoms with Crippen LogP contribution in [0.4, 0.5) is 5.69 Å². The number of hydrogen-bond donors (Lipinski definition) is 0. The lowest BCUT2D eigenvalue weighted by Crippen LogP contribution is -3.00. The Bertz CT molecular complexity index is 1630.